The van der Waals surface area contributed by atoms with Gasteiger partial charge < -0.3 is 14.7 Å². The Balaban J connectivity index is 0.00000320. The highest BCUT2D eigenvalue weighted by molar-refractivity contribution is 14.0. The van der Waals surface area contributed by atoms with Gasteiger partial charge in [0.05, 0.1) is 11.3 Å². The molecule has 0 atom stereocenters. The molecule has 1 aromatic heterocycles. The number of aromatic nitrogens is 1. The van der Waals surface area contributed by atoms with Crippen molar-refractivity contribution < 1.29 is 17.7 Å². The first-order valence-corrected chi connectivity index (χ1v) is 9.76. The van der Waals surface area contributed by atoms with Crippen LogP contribution in [0.25, 0.3) is 0 Å². The van der Waals surface area contributed by atoms with E-state index in [2.05, 4.69) is 25.3 Å². The molecule has 0 amide bonds. The van der Waals surface area contributed by atoms with Crippen LogP contribution >= 0.6 is 24.0 Å². The Hall–Kier alpha value is -1.82. The Bertz CT molecular complexity index is 773. The molecule has 2 aromatic rings. The van der Waals surface area contributed by atoms with Crippen LogP contribution in [-0.4, -0.2) is 60.2 Å². The van der Waals surface area contributed by atoms with Crippen molar-refractivity contribution in [2.75, 3.05) is 39.3 Å². The van der Waals surface area contributed by atoms with Crippen molar-refractivity contribution in [3.63, 3.8) is 0 Å². The summed E-state index contributed by atoms with van der Waals surface area (Å²) >= 11 is 0. The number of hydrogen-bond donors (Lipinski definition) is 1. The second-order valence-corrected chi connectivity index (χ2v) is 6.93. The van der Waals surface area contributed by atoms with Gasteiger partial charge in [-0.05, 0) is 31.0 Å². The molecule has 2 heterocycles. The molecule has 10 heteroatoms. The minimum atomic E-state index is -4.30. The van der Waals surface area contributed by atoms with Crippen molar-refractivity contribution >= 4 is 29.9 Å². The van der Waals surface area contributed by atoms with Crippen LogP contribution in [-0.2, 0) is 19.1 Å². The summed E-state index contributed by atoms with van der Waals surface area (Å²) in [6, 6.07) is 7.16. The van der Waals surface area contributed by atoms with Crippen molar-refractivity contribution in [2.45, 2.75) is 26.1 Å². The van der Waals surface area contributed by atoms with Gasteiger partial charge in [-0.15, -0.1) is 24.0 Å². The number of benzene rings is 1. The fraction of sp³-hybridized carbons (Fsp3) is 0.500. The standard InChI is InChI=1S/C20H26F3N5O.HI/c1-2-24-19(25-9-7-16-3-5-17(6-4-16)20(21,22)23)28-12-10-27(11-13-28)15-18-8-14-29-26-18;/h3-6,8,14H,2,7,9-13,15H2,1H3,(H,24,25);1H. The number of halogens is 4. The van der Waals surface area contributed by atoms with E-state index in [-0.39, 0.29) is 24.0 Å². The highest BCUT2D eigenvalue weighted by Gasteiger charge is 2.29. The number of guanidine groups is 1. The van der Waals surface area contributed by atoms with Gasteiger partial charge in [-0.25, -0.2) is 0 Å². The van der Waals surface area contributed by atoms with Crippen LogP contribution in [0.5, 0.6) is 0 Å². The molecule has 0 radical (unpaired) electrons. The first kappa shape index (κ1) is 24.4. The van der Waals surface area contributed by atoms with E-state index in [1.807, 2.05) is 13.0 Å². The molecule has 0 saturated carbocycles. The third-order valence-electron chi connectivity index (χ3n) is 4.83. The van der Waals surface area contributed by atoms with Crippen molar-refractivity contribution in [2.24, 2.45) is 4.99 Å². The third kappa shape index (κ3) is 7.15. The lowest BCUT2D eigenvalue weighted by Gasteiger charge is -2.36. The van der Waals surface area contributed by atoms with E-state index >= 15 is 0 Å². The van der Waals surface area contributed by atoms with Crippen molar-refractivity contribution in [1.82, 2.24) is 20.3 Å². The minimum absolute atomic E-state index is 0. The van der Waals surface area contributed by atoms with Crippen LogP contribution < -0.4 is 5.32 Å². The summed E-state index contributed by atoms with van der Waals surface area (Å²) in [6.45, 7) is 7.57. The summed E-state index contributed by atoms with van der Waals surface area (Å²) in [4.78, 5) is 9.21. The van der Waals surface area contributed by atoms with Gasteiger partial charge in [0.15, 0.2) is 5.96 Å². The molecule has 166 valence electrons. The molecule has 6 nitrogen and oxygen atoms in total. The molecule has 0 aliphatic carbocycles. The average Bonchev–Trinajstić information content (AvgIpc) is 3.21. The molecule has 1 N–H and O–H groups in total. The number of hydrogen-bond acceptors (Lipinski definition) is 4. The van der Waals surface area contributed by atoms with Gasteiger partial charge in [0.1, 0.15) is 6.26 Å². The number of rotatable bonds is 6. The number of alkyl halides is 3. The summed E-state index contributed by atoms with van der Waals surface area (Å²) < 4.78 is 42.8. The Kier molecular flexibility index (Phi) is 9.40. The molecule has 3 rings (SSSR count). The van der Waals surface area contributed by atoms with Gasteiger partial charge in [-0.1, -0.05) is 17.3 Å². The lowest BCUT2D eigenvalue weighted by Crippen LogP contribution is -2.52. The lowest BCUT2D eigenvalue weighted by molar-refractivity contribution is -0.137. The predicted octanol–water partition coefficient (Wildman–Crippen LogP) is 3.64. The summed E-state index contributed by atoms with van der Waals surface area (Å²) in [5.41, 5.74) is 1.15. The molecule has 0 unspecified atom stereocenters. The van der Waals surface area contributed by atoms with Crippen LogP contribution in [0.2, 0.25) is 0 Å². The Labute approximate surface area is 191 Å². The van der Waals surface area contributed by atoms with Gasteiger partial charge in [-0.2, -0.15) is 13.2 Å². The van der Waals surface area contributed by atoms with Gasteiger partial charge in [0.2, 0.25) is 0 Å². The van der Waals surface area contributed by atoms with Crippen molar-refractivity contribution in [3.05, 3.63) is 53.4 Å². The second-order valence-electron chi connectivity index (χ2n) is 6.93. The third-order valence-corrected chi connectivity index (χ3v) is 4.83. The molecule has 30 heavy (non-hydrogen) atoms. The van der Waals surface area contributed by atoms with E-state index in [1.54, 1.807) is 6.26 Å². The zero-order chi connectivity index (χ0) is 20.7. The van der Waals surface area contributed by atoms with Gasteiger partial charge in [0.25, 0.3) is 0 Å². The first-order chi connectivity index (χ1) is 14.0. The fourth-order valence-corrected chi connectivity index (χ4v) is 3.24. The fourth-order valence-electron chi connectivity index (χ4n) is 3.24. The van der Waals surface area contributed by atoms with Gasteiger partial charge >= 0.3 is 6.18 Å². The lowest BCUT2D eigenvalue weighted by atomic mass is 10.1. The number of nitrogens with zero attached hydrogens (tertiary/aromatic N) is 4. The Morgan fingerprint density at radius 1 is 1.13 bits per heavy atom. The molecule has 0 spiro atoms. The van der Waals surface area contributed by atoms with Crippen LogP contribution in [0.3, 0.4) is 0 Å². The smallest absolute Gasteiger partial charge is 0.364 e. The molecular weight excluding hydrogens is 510 g/mol. The summed E-state index contributed by atoms with van der Waals surface area (Å²) in [5, 5.41) is 7.26. The maximum Gasteiger partial charge on any atom is 0.416 e. The summed E-state index contributed by atoms with van der Waals surface area (Å²) in [6.07, 6.45) is -2.12. The monoisotopic (exact) mass is 537 g/mol. The maximum atomic E-state index is 12.7. The average molecular weight is 537 g/mol. The molecule has 0 bridgehead atoms. The van der Waals surface area contributed by atoms with E-state index < -0.39 is 11.7 Å². The molecule has 1 saturated heterocycles. The summed E-state index contributed by atoms with van der Waals surface area (Å²) in [5.74, 6) is 0.848. The van der Waals surface area contributed by atoms with Gasteiger partial charge in [0, 0.05) is 51.9 Å². The molecular formula is C20H27F3IN5O. The van der Waals surface area contributed by atoms with Crippen LogP contribution in [0.15, 0.2) is 46.1 Å². The van der Waals surface area contributed by atoms with Gasteiger partial charge in [-0.3, -0.25) is 9.89 Å². The highest BCUT2D eigenvalue weighted by Crippen LogP contribution is 2.29. The van der Waals surface area contributed by atoms with Crippen LogP contribution in [0.1, 0.15) is 23.7 Å². The predicted molar refractivity (Wildman–Crippen MR) is 120 cm³/mol. The largest absolute Gasteiger partial charge is 0.416 e. The highest BCUT2D eigenvalue weighted by atomic mass is 127. The van der Waals surface area contributed by atoms with E-state index in [0.29, 0.717) is 13.0 Å². The number of nitrogens with one attached hydrogen (secondary N) is 1. The van der Waals surface area contributed by atoms with Crippen molar-refractivity contribution in [3.8, 4) is 0 Å². The molecule has 1 aliphatic rings. The quantitative estimate of drug-likeness (QED) is 0.347. The Morgan fingerprint density at radius 3 is 2.40 bits per heavy atom. The molecule has 1 aliphatic heterocycles. The Morgan fingerprint density at radius 2 is 1.83 bits per heavy atom. The zero-order valence-corrected chi connectivity index (χ0v) is 19.2. The normalized spacial score (nSPS) is 15.7. The first-order valence-electron chi connectivity index (χ1n) is 9.76. The van der Waals surface area contributed by atoms with Crippen LogP contribution in [0.4, 0.5) is 13.2 Å². The maximum absolute atomic E-state index is 12.7. The van der Waals surface area contributed by atoms with Crippen LogP contribution in [0, 0.1) is 0 Å². The van der Waals surface area contributed by atoms with E-state index in [9.17, 15) is 13.2 Å². The molecule has 1 aromatic carbocycles. The number of aliphatic imine (C=N–C) groups is 1. The van der Waals surface area contributed by atoms with E-state index in [1.165, 1.54) is 12.1 Å². The topological polar surface area (TPSA) is 56.9 Å². The van der Waals surface area contributed by atoms with E-state index in [0.717, 1.165) is 68.6 Å². The number of piperazine rings is 1. The SMILES string of the molecule is CCNC(=NCCc1ccc(C(F)(F)F)cc1)N1CCN(Cc2ccon2)CC1.I. The minimum Gasteiger partial charge on any atom is -0.364 e. The summed E-state index contributed by atoms with van der Waals surface area (Å²) in [7, 11) is 0. The second kappa shape index (κ2) is 11.5. The van der Waals surface area contributed by atoms with E-state index in [4.69, 9.17) is 4.52 Å². The van der Waals surface area contributed by atoms with Crippen molar-refractivity contribution in [1.29, 1.82) is 0 Å². The zero-order valence-electron chi connectivity index (χ0n) is 16.9. The molecule has 1 fully saturated rings.